The van der Waals surface area contributed by atoms with Crippen LogP contribution in [0.1, 0.15) is 23.8 Å². The number of aromatic amines is 1. The number of nitrogens with one attached hydrogen (secondary N) is 2. The molecule has 1 aromatic heterocycles. The lowest BCUT2D eigenvalue weighted by Crippen LogP contribution is -2.35. The van der Waals surface area contributed by atoms with Crippen molar-refractivity contribution in [3.8, 4) is 5.75 Å². The van der Waals surface area contributed by atoms with E-state index < -0.39 is 0 Å². The molecule has 0 saturated carbocycles. The molecule has 0 aliphatic rings. The molecule has 0 spiro atoms. The monoisotopic (exact) mass is 294 g/mol. The fraction of sp³-hybridized carbons (Fsp3) is 0.308. The SMILES string of the molecule is CC[C@H](CNC(=O)c1cn[nH]n1)Oc1ccccc1Cl. The predicted octanol–water partition coefficient (Wildman–Crippen LogP) is 2.05. The fourth-order valence-electron chi connectivity index (χ4n) is 1.60. The molecule has 2 N–H and O–H groups in total. The molecule has 1 atom stereocenters. The van der Waals surface area contributed by atoms with Crippen molar-refractivity contribution < 1.29 is 9.53 Å². The Morgan fingerprint density at radius 3 is 2.95 bits per heavy atom. The summed E-state index contributed by atoms with van der Waals surface area (Å²) in [5.74, 6) is 0.316. The lowest BCUT2D eigenvalue weighted by atomic mass is 10.2. The van der Waals surface area contributed by atoms with Crippen molar-refractivity contribution in [2.24, 2.45) is 0 Å². The van der Waals surface area contributed by atoms with Gasteiger partial charge < -0.3 is 10.1 Å². The Bertz CT molecular complexity index is 559. The minimum atomic E-state index is -0.292. The van der Waals surface area contributed by atoms with Crippen LogP contribution in [0, 0.1) is 0 Å². The van der Waals surface area contributed by atoms with Crippen molar-refractivity contribution in [3.63, 3.8) is 0 Å². The molecule has 0 fully saturated rings. The Labute approximate surface area is 121 Å². The highest BCUT2D eigenvalue weighted by atomic mass is 35.5. The van der Waals surface area contributed by atoms with E-state index in [2.05, 4.69) is 20.7 Å². The van der Waals surface area contributed by atoms with Crippen LogP contribution in [0.4, 0.5) is 0 Å². The number of ether oxygens (including phenoxy) is 1. The maximum Gasteiger partial charge on any atom is 0.273 e. The zero-order valence-electron chi connectivity index (χ0n) is 11.0. The van der Waals surface area contributed by atoms with Crippen molar-refractivity contribution >= 4 is 17.5 Å². The molecule has 0 bridgehead atoms. The fourth-order valence-corrected chi connectivity index (χ4v) is 1.78. The van der Waals surface area contributed by atoms with Crippen molar-refractivity contribution in [3.05, 3.63) is 41.2 Å². The third-order valence-corrected chi connectivity index (χ3v) is 3.04. The first kappa shape index (κ1) is 14.3. The van der Waals surface area contributed by atoms with E-state index in [1.54, 1.807) is 12.1 Å². The van der Waals surface area contributed by atoms with Gasteiger partial charge in [0, 0.05) is 0 Å². The molecule has 7 heteroatoms. The standard InChI is InChI=1S/C13H15ClN4O2/c1-2-9(20-12-6-4-3-5-10(12)14)7-15-13(19)11-8-16-18-17-11/h3-6,8-9H,2,7H2,1H3,(H,15,19)(H,16,17,18)/t9-/m1/s1. The van der Waals surface area contributed by atoms with Gasteiger partial charge in [-0.3, -0.25) is 4.79 Å². The summed E-state index contributed by atoms with van der Waals surface area (Å²) in [6.07, 6.45) is 1.95. The largest absolute Gasteiger partial charge is 0.487 e. The zero-order chi connectivity index (χ0) is 14.4. The van der Waals surface area contributed by atoms with Gasteiger partial charge in [0.05, 0.1) is 17.8 Å². The zero-order valence-corrected chi connectivity index (χ0v) is 11.7. The van der Waals surface area contributed by atoms with Crippen LogP contribution in [0.25, 0.3) is 0 Å². The van der Waals surface area contributed by atoms with Gasteiger partial charge in [0.2, 0.25) is 0 Å². The minimum absolute atomic E-state index is 0.161. The summed E-state index contributed by atoms with van der Waals surface area (Å²) < 4.78 is 5.77. The normalized spacial score (nSPS) is 11.9. The number of amides is 1. The van der Waals surface area contributed by atoms with Gasteiger partial charge in [0.25, 0.3) is 5.91 Å². The number of benzene rings is 1. The Balaban J connectivity index is 1.90. The van der Waals surface area contributed by atoms with E-state index in [9.17, 15) is 4.79 Å². The van der Waals surface area contributed by atoms with E-state index in [1.165, 1.54) is 6.20 Å². The van der Waals surface area contributed by atoms with E-state index in [0.29, 0.717) is 17.3 Å². The molecule has 6 nitrogen and oxygen atoms in total. The van der Waals surface area contributed by atoms with Gasteiger partial charge in [-0.25, -0.2) is 0 Å². The quantitative estimate of drug-likeness (QED) is 0.854. The first-order valence-corrected chi connectivity index (χ1v) is 6.63. The Morgan fingerprint density at radius 1 is 1.50 bits per heavy atom. The van der Waals surface area contributed by atoms with E-state index in [-0.39, 0.29) is 17.7 Å². The molecule has 0 unspecified atom stereocenters. The van der Waals surface area contributed by atoms with E-state index in [0.717, 1.165) is 6.42 Å². The summed E-state index contributed by atoms with van der Waals surface area (Å²) >= 11 is 6.03. The molecule has 1 aromatic carbocycles. The minimum Gasteiger partial charge on any atom is -0.487 e. The molecule has 0 radical (unpaired) electrons. The molecule has 0 saturated heterocycles. The van der Waals surface area contributed by atoms with Crippen LogP contribution in [-0.4, -0.2) is 34.0 Å². The summed E-state index contributed by atoms with van der Waals surface area (Å²) in [6, 6.07) is 7.24. The number of rotatable bonds is 6. The lowest BCUT2D eigenvalue weighted by Gasteiger charge is -2.18. The van der Waals surface area contributed by atoms with Gasteiger partial charge in [-0.15, -0.1) is 0 Å². The number of nitrogens with zero attached hydrogens (tertiary/aromatic N) is 2. The molecule has 2 aromatic rings. The maximum absolute atomic E-state index is 11.7. The van der Waals surface area contributed by atoms with Crippen molar-refractivity contribution in [1.82, 2.24) is 20.7 Å². The number of H-pyrrole nitrogens is 1. The third kappa shape index (κ3) is 3.71. The van der Waals surface area contributed by atoms with Gasteiger partial charge in [-0.05, 0) is 18.6 Å². The Morgan fingerprint density at radius 2 is 2.30 bits per heavy atom. The van der Waals surface area contributed by atoms with E-state index >= 15 is 0 Å². The smallest absolute Gasteiger partial charge is 0.273 e. The number of carbonyl (C=O) groups is 1. The first-order chi connectivity index (χ1) is 9.70. The summed E-state index contributed by atoms with van der Waals surface area (Å²) in [4.78, 5) is 11.7. The molecule has 1 amide bonds. The first-order valence-electron chi connectivity index (χ1n) is 6.26. The number of aromatic nitrogens is 3. The van der Waals surface area contributed by atoms with Crippen molar-refractivity contribution in [1.29, 1.82) is 0 Å². The van der Waals surface area contributed by atoms with Crippen molar-refractivity contribution in [2.75, 3.05) is 6.54 Å². The van der Waals surface area contributed by atoms with E-state index in [4.69, 9.17) is 16.3 Å². The van der Waals surface area contributed by atoms with Gasteiger partial charge in [0.15, 0.2) is 5.69 Å². The summed E-state index contributed by atoms with van der Waals surface area (Å²) in [6.45, 7) is 2.34. The number of carbonyl (C=O) groups excluding carboxylic acids is 1. The van der Waals surface area contributed by atoms with Crippen LogP contribution >= 0.6 is 11.6 Å². The molecule has 0 aliphatic heterocycles. The number of para-hydroxylation sites is 1. The molecule has 20 heavy (non-hydrogen) atoms. The Kier molecular flexibility index (Phi) is 4.95. The number of hydrogen-bond donors (Lipinski definition) is 2. The molecule has 106 valence electrons. The van der Waals surface area contributed by atoms with Crippen LogP contribution < -0.4 is 10.1 Å². The highest BCUT2D eigenvalue weighted by molar-refractivity contribution is 6.32. The van der Waals surface area contributed by atoms with Crippen molar-refractivity contribution in [2.45, 2.75) is 19.4 Å². The third-order valence-electron chi connectivity index (χ3n) is 2.72. The van der Waals surface area contributed by atoms with Crippen LogP contribution in [0.5, 0.6) is 5.75 Å². The van der Waals surface area contributed by atoms with Gasteiger partial charge in [-0.1, -0.05) is 30.7 Å². The highest BCUT2D eigenvalue weighted by Crippen LogP contribution is 2.24. The molecule has 2 rings (SSSR count). The average Bonchev–Trinajstić information content (AvgIpc) is 2.99. The molecule has 0 aliphatic carbocycles. The van der Waals surface area contributed by atoms with Gasteiger partial charge in [-0.2, -0.15) is 15.4 Å². The van der Waals surface area contributed by atoms with Crippen LogP contribution in [0.2, 0.25) is 5.02 Å². The predicted molar refractivity (Wildman–Crippen MR) is 74.9 cm³/mol. The molecular weight excluding hydrogens is 280 g/mol. The average molecular weight is 295 g/mol. The number of halogens is 1. The van der Waals surface area contributed by atoms with Crippen LogP contribution in [0.15, 0.2) is 30.5 Å². The van der Waals surface area contributed by atoms with Gasteiger partial charge >= 0.3 is 0 Å². The highest BCUT2D eigenvalue weighted by Gasteiger charge is 2.14. The molecular formula is C13H15ClN4O2. The second-order valence-corrected chi connectivity index (χ2v) is 4.55. The molecule has 1 heterocycles. The van der Waals surface area contributed by atoms with E-state index in [1.807, 2.05) is 19.1 Å². The second kappa shape index (κ2) is 6.91. The number of hydrogen-bond acceptors (Lipinski definition) is 4. The van der Waals surface area contributed by atoms with Crippen LogP contribution in [0.3, 0.4) is 0 Å². The maximum atomic E-state index is 11.7. The summed E-state index contributed by atoms with van der Waals surface area (Å²) in [5, 5.41) is 13.0. The second-order valence-electron chi connectivity index (χ2n) is 4.14. The topological polar surface area (TPSA) is 79.9 Å². The van der Waals surface area contributed by atoms with Gasteiger partial charge in [0.1, 0.15) is 11.9 Å². The summed E-state index contributed by atoms with van der Waals surface area (Å²) in [5.41, 5.74) is 0.248. The van der Waals surface area contributed by atoms with Crippen LogP contribution in [-0.2, 0) is 0 Å². The lowest BCUT2D eigenvalue weighted by molar-refractivity contribution is 0.0921. The summed E-state index contributed by atoms with van der Waals surface area (Å²) in [7, 11) is 0. The Hall–Kier alpha value is -2.08.